The van der Waals surface area contributed by atoms with E-state index in [0.717, 1.165) is 10.9 Å². The van der Waals surface area contributed by atoms with E-state index >= 15 is 0 Å². The lowest BCUT2D eigenvalue weighted by Gasteiger charge is -2.15. The van der Waals surface area contributed by atoms with E-state index in [1.54, 1.807) is 17.8 Å². The minimum atomic E-state index is -0.165. The van der Waals surface area contributed by atoms with Gasteiger partial charge in [0.25, 0.3) is 0 Å². The molecule has 1 aliphatic heterocycles. The molecule has 0 fully saturated rings. The Labute approximate surface area is 112 Å². The summed E-state index contributed by atoms with van der Waals surface area (Å²) in [5.41, 5.74) is 0.689. The van der Waals surface area contributed by atoms with Crippen molar-refractivity contribution in [2.45, 2.75) is 32.9 Å². The molecule has 2 nitrogen and oxygen atoms in total. The zero-order chi connectivity index (χ0) is 13.1. The molecule has 18 heavy (non-hydrogen) atoms. The van der Waals surface area contributed by atoms with E-state index in [1.165, 1.54) is 6.07 Å². The Morgan fingerprint density at radius 3 is 2.67 bits per heavy atom. The molecule has 0 saturated heterocycles. The zero-order valence-corrected chi connectivity index (χ0v) is 11.8. The molecular formula is C14H19FN2S. The van der Waals surface area contributed by atoms with E-state index in [1.807, 2.05) is 19.1 Å². The molecule has 2 atom stereocenters. The van der Waals surface area contributed by atoms with Crippen LogP contribution in [0.1, 0.15) is 32.4 Å². The molecule has 0 bridgehead atoms. The minimum Gasteiger partial charge on any atom is -0.358 e. The number of thioether (sulfide) groups is 1. The van der Waals surface area contributed by atoms with Gasteiger partial charge in [-0.1, -0.05) is 43.8 Å². The van der Waals surface area contributed by atoms with Crippen molar-refractivity contribution < 1.29 is 4.39 Å². The van der Waals surface area contributed by atoms with E-state index in [9.17, 15) is 4.39 Å². The molecule has 0 spiro atoms. The molecular weight excluding hydrogens is 247 g/mol. The van der Waals surface area contributed by atoms with Gasteiger partial charge in [-0.25, -0.2) is 4.39 Å². The highest BCUT2D eigenvalue weighted by Crippen LogP contribution is 2.24. The molecule has 2 unspecified atom stereocenters. The molecule has 0 radical (unpaired) electrons. The van der Waals surface area contributed by atoms with Crippen LogP contribution < -0.4 is 5.32 Å². The van der Waals surface area contributed by atoms with E-state index in [2.05, 4.69) is 24.2 Å². The Balaban J connectivity index is 2.03. The van der Waals surface area contributed by atoms with Gasteiger partial charge in [0.2, 0.25) is 0 Å². The number of nitrogens with zero attached hydrogens (tertiary/aromatic N) is 1. The summed E-state index contributed by atoms with van der Waals surface area (Å²) in [6.45, 7) is 6.32. The van der Waals surface area contributed by atoms with Gasteiger partial charge in [0.05, 0.1) is 12.1 Å². The van der Waals surface area contributed by atoms with E-state index < -0.39 is 0 Å². The second kappa shape index (κ2) is 5.74. The van der Waals surface area contributed by atoms with Crippen molar-refractivity contribution in [1.29, 1.82) is 0 Å². The fourth-order valence-electron chi connectivity index (χ4n) is 1.90. The van der Waals surface area contributed by atoms with Crippen molar-refractivity contribution in [2.24, 2.45) is 10.9 Å². The summed E-state index contributed by atoms with van der Waals surface area (Å²) >= 11 is 1.72. The third kappa shape index (κ3) is 3.05. The fraction of sp³-hybridized carbons (Fsp3) is 0.500. The Hall–Kier alpha value is -1.03. The van der Waals surface area contributed by atoms with Crippen LogP contribution in [0.15, 0.2) is 29.3 Å². The maximum atomic E-state index is 13.6. The topological polar surface area (TPSA) is 24.4 Å². The standard InChI is InChI=1S/C14H19FN2S/c1-9(2)13-8-18-14(17-13)16-10(3)11-6-4-5-7-12(11)15/h4-7,9-10,13H,8H2,1-3H3,(H,16,17). The summed E-state index contributed by atoms with van der Waals surface area (Å²) in [6.07, 6.45) is 0. The average Bonchev–Trinajstić information content (AvgIpc) is 2.78. The molecule has 1 aromatic carbocycles. The first-order chi connectivity index (χ1) is 8.58. The third-order valence-electron chi connectivity index (χ3n) is 3.16. The smallest absolute Gasteiger partial charge is 0.157 e. The first-order valence-corrected chi connectivity index (χ1v) is 7.28. The third-order valence-corrected chi connectivity index (χ3v) is 4.16. The summed E-state index contributed by atoms with van der Waals surface area (Å²) < 4.78 is 13.6. The molecule has 4 heteroatoms. The molecule has 1 aromatic rings. The Kier molecular flexibility index (Phi) is 4.27. The maximum Gasteiger partial charge on any atom is 0.157 e. The quantitative estimate of drug-likeness (QED) is 0.904. The van der Waals surface area contributed by atoms with Gasteiger partial charge in [-0.15, -0.1) is 0 Å². The van der Waals surface area contributed by atoms with Crippen LogP contribution >= 0.6 is 11.8 Å². The molecule has 1 aliphatic rings. The number of amidine groups is 1. The molecule has 0 saturated carbocycles. The summed E-state index contributed by atoms with van der Waals surface area (Å²) in [7, 11) is 0. The predicted octanol–water partition coefficient (Wildman–Crippen LogP) is 3.60. The molecule has 0 aliphatic carbocycles. The van der Waals surface area contributed by atoms with Crippen molar-refractivity contribution in [3.8, 4) is 0 Å². The van der Waals surface area contributed by atoms with Crippen molar-refractivity contribution in [2.75, 3.05) is 5.75 Å². The Morgan fingerprint density at radius 2 is 2.06 bits per heavy atom. The molecule has 1 N–H and O–H groups in total. The number of aliphatic imine (C=N–C) groups is 1. The van der Waals surface area contributed by atoms with E-state index in [4.69, 9.17) is 0 Å². The molecule has 2 rings (SSSR count). The normalized spacial score (nSPS) is 20.9. The fourth-order valence-corrected chi connectivity index (χ4v) is 3.16. The van der Waals surface area contributed by atoms with Crippen LogP contribution in [0.25, 0.3) is 0 Å². The lowest BCUT2D eigenvalue weighted by atomic mass is 10.1. The number of benzene rings is 1. The number of rotatable bonds is 3. The predicted molar refractivity (Wildman–Crippen MR) is 76.5 cm³/mol. The number of halogens is 1. The van der Waals surface area contributed by atoms with Crippen LogP contribution in [-0.4, -0.2) is 17.0 Å². The van der Waals surface area contributed by atoms with Crippen molar-refractivity contribution in [1.82, 2.24) is 5.32 Å². The van der Waals surface area contributed by atoms with Gasteiger partial charge < -0.3 is 5.32 Å². The van der Waals surface area contributed by atoms with Crippen molar-refractivity contribution >= 4 is 16.9 Å². The van der Waals surface area contributed by atoms with Crippen LogP contribution in [0.3, 0.4) is 0 Å². The largest absolute Gasteiger partial charge is 0.358 e. The molecule has 0 aromatic heterocycles. The van der Waals surface area contributed by atoms with Gasteiger partial charge in [0.1, 0.15) is 5.82 Å². The van der Waals surface area contributed by atoms with Crippen molar-refractivity contribution in [3.63, 3.8) is 0 Å². The average molecular weight is 266 g/mol. The summed E-state index contributed by atoms with van der Waals surface area (Å²) in [5.74, 6) is 1.41. The van der Waals surface area contributed by atoms with Gasteiger partial charge >= 0.3 is 0 Å². The monoisotopic (exact) mass is 266 g/mol. The molecule has 98 valence electrons. The van der Waals surface area contributed by atoms with Gasteiger partial charge in [0, 0.05) is 11.3 Å². The van der Waals surface area contributed by atoms with Gasteiger partial charge in [-0.2, -0.15) is 0 Å². The minimum absolute atomic E-state index is 0.0524. The van der Waals surface area contributed by atoms with Crippen LogP contribution in [0.2, 0.25) is 0 Å². The number of hydrogen-bond acceptors (Lipinski definition) is 3. The lowest BCUT2D eigenvalue weighted by Crippen LogP contribution is -2.24. The van der Waals surface area contributed by atoms with Gasteiger partial charge in [0.15, 0.2) is 5.17 Å². The van der Waals surface area contributed by atoms with Crippen molar-refractivity contribution in [3.05, 3.63) is 35.6 Å². The second-order valence-electron chi connectivity index (χ2n) is 4.94. The molecule has 1 heterocycles. The van der Waals surface area contributed by atoms with Gasteiger partial charge in [-0.05, 0) is 18.9 Å². The highest BCUT2D eigenvalue weighted by atomic mass is 32.2. The number of nitrogens with one attached hydrogen (secondary N) is 1. The summed E-state index contributed by atoms with van der Waals surface area (Å²) in [4.78, 5) is 4.63. The number of hydrogen-bond donors (Lipinski definition) is 1. The van der Waals surface area contributed by atoms with Crippen LogP contribution in [0.4, 0.5) is 4.39 Å². The first-order valence-electron chi connectivity index (χ1n) is 6.29. The summed E-state index contributed by atoms with van der Waals surface area (Å²) in [6, 6.07) is 7.20. The highest BCUT2D eigenvalue weighted by Gasteiger charge is 2.22. The summed E-state index contributed by atoms with van der Waals surface area (Å²) in [5, 5.41) is 4.23. The second-order valence-corrected chi connectivity index (χ2v) is 5.95. The highest BCUT2D eigenvalue weighted by molar-refractivity contribution is 8.14. The SMILES string of the molecule is CC(NC1=NC(C(C)C)CS1)c1ccccc1F. The van der Waals surface area contributed by atoms with E-state index in [-0.39, 0.29) is 11.9 Å². The maximum absolute atomic E-state index is 13.6. The lowest BCUT2D eigenvalue weighted by molar-refractivity contribution is 0.540. The van der Waals surface area contributed by atoms with Crippen LogP contribution in [-0.2, 0) is 0 Å². The Morgan fingerprint density at radius 1 is 1.33 bits per heavy atom. The Bertz CT molecular complexity index is 445. The van der Waals surface area contributed by atoms with E-state index in [0.29, 0.717) is 17.5 Å². The zero-order valence-electron chi connectivity index (χ0n) is 11.0. The van der Waals surface area contributed by atoms with Crippen LogP contribution in [0, 0.1) is 11.7 Å². The van der Waals surface area contributed by atoms with Gasteiger partial charge in [-0.3, -0.25) is 4.99 Å². The van der Waals surface area contributed by atoms with Crippen LogP contribution in [0.5, 0.6) is 0 Å². The first kappa shape index (κ1) is 13.4. The molecule has 0 amide bonds.